The Kier molecular flexibility index (Phi) is 4.58. The Bertz CT molecular complexity index is 484. The second-order valence-electron chi connectivity index (χ2n) is 6.41. The first-order valence-electron chi connectivity index (χ1n) is 8.19. The van der Waals surface area contributed by atoms with Crippen molar-refractivity contribution in [3.05, 3.63) is 11.8 Å². The summed E-state index contributed by atoms with van der Waals surface area (Å²) >= 11 is 0. The van der Waals surface area contributed by atoms with Crippen LogP contribution in [0.3, 0.4) is 0 Å². The predicted molar refractivity (Wildman–Crippen MR) is 81.0 cm³/mol. The van der Waals surface area contributed by atoms with E-state index in [-0.39, 0.29) is 5.91 Å². The van der Waals surface area contributed by atoms with E-state index in [4.69, 9.17) is 4.52 Å². The number of rotatable bonds is 4. The van der Waals surface area contributed by atoms with Crippen molar-refractivity contribution in [3.8, 4) is 0 Å². The number of carbonyl (C=O) groups is 1. The Morgan fingerprint density at radius 2 is 2.19 bits per heavy atom. The molecule has 0 aromatic carbocycles. The molecule has 1 saturated heterocycles. The Hall–Kier alpha value is -1.36. The van der Waals surface area contributed by atoms with Gasteiger partial charge >= 0.3 is 0 Å². The molecule has 1 saturated carbocycles. The smallest absolute Gasteiger partial charge is 0.226 e. The van der Waals surface area contributed by atoms with Gasteiger partial charge in [-0.25, -0.2) is 0 Å². The normalized spacial score (nSPS) is 26.3. The third-order valence-corrected chi connectivity index (χ3v) is 4.88. The van der Waals surface area contributed by atoms with E-state index in [2.05, 4.69) is 15.4 Å². The van der Waals surface area contributed by atoms with Gasteiger partial charge in [0.2, 0.25) is 5.91 Å². The second kappa shape index (κ2) is 6.60. The SMILES string of the molecule is Cc1cc(NC(=O)CCN2CCCC3CCCCC32)no1. The van der Waals surface area contributed by atoms with E-state index >= 15 is 0 Å². The quantitative estimate of drug-likeness (QED) is 0.926. The minimum atomic E-state index is 0.0289. The van der Waals surface area contributed by atoms with Crippen molar-refractivity contribution < 1.29 is 9.32 Å². The van der Waals surface area contributed by atoms with Crippen molar-refractivity contribution >= 4 is 11.7 Å². The van der Waals surface area contributed by atoms with Gasteiger partial charge < -0.3 is 9.84 Å². The van der Waals surface area contributed by atoms with Crippen molar-refractivity contribution in [1.82, 2.24) is 10.1 Å². The van der Waals surface area contributed by atoms with Crippen LogP contribution in [0.15, 0.2) is 10.6 Å². The lowest BCUT2D eigenvalue weighted by Gasteiger charge is -2.44. The maximum Gasteiger partial charge on any atom is 0.226 e. The summed E-state index contributed by atoms with van der Waals surface area (Å²) in [6.07, 6.45) is 8.63. The molecule has 3 rings (SSSR count). The van der Waals surface area contributed by atoms with Gasteiger partial charge in [-0.3, -0.25) is 9.69 Å². The topological polar surface area (TPSA) is 58.4 Å². The Balaban J connectivity index is 1.48. The summed E-state index contributed by atoms with van der Waals surface area (Å²) in [5.74, 6) is 2.13. The van der Waals surface area contributed by atoms with Crippen LogP contribution >= 0.6 is 0 Å². The van der Waals surface area contributed by atoms with Crippen LogP contribution in [0.1, 0.15) is 50.7 Å². The van der Waals surface area contributed by atoms with Gasteiger partial charge in [-0.05, 0) is 45.1 Å². The van der Waals surface area contributed by atoms with Crippen LogP contribution < -0.4 is 5.32 Å². The first-order valence-corrected chi connectivity index (χ1v) is 8.19. The number of carbonyl (C=O) groups excluding carboxylic acids is 1. The molecule has 0 radical (unpaired) electrons. The molecule has 2 aliphatic rings. The van der Waals surface area contributed by atoms with Crippen molar-refractivity contribution in [2.24, 2.45) is 5.92 Å². The van der Waals surface area contributed by atoms with Crippen molar-refractivity contribution in [1.29, 1.82) is 0 Å². The van der Waals surface area contributed by atoms with Crippen LogP contribution in [-0.2, 0) is 4.79 Å². The number of fused-ring (bicyclic) bond motifs is 1. The highest BCUT2D eigenvalue weighted by molar-refractivity contribution is 5.89. The summed E-state index contributed by atoms with van der Waals surface area (Å²) in [7, 11) is 0. The molecule has 1 aromatic heterocycles. The summed E-state index contributed by atoms with van der Waals surface area (Å²) < 4.78 is 4.96. The van der Waals surface area contributed by atoms with Crippen molar-refractivity contribution in [2.75, 3.05) is 18.4 Å². The molecule has 1 aliphatic carbocycles. The third kappa shape index (κ3) is 3.64. The minimum absolute atomic E-state index is 0.0289. The second-order valence-corrected chi connectivity index (χ2v) is 6.41. The van der Waals surface area contributed by atoms with Crippen LogP contribution in [0.2, 0.25) is 0 Å². The molecule has 1 aliphatic heterocycles. The fraction of sp³-hybridized carbons (Fsp3) is 0.750. The molecular weight excluding hydrogens is 266 g/mol. The van der Waals surface area contributed by atoms with E-state index in [0.29, 0.717) is 18.0 Å². The fourth-order valence-electron chi connectivity index (χ4n) is 3.88. The summed E-state index contributed by atoms with van der Waals surface area (Å²) in [5.41, 5.74) is 0. The zero-order valence-corrected chi connectivity index (χ0v) is 12.8. The van der Waals surface area contributed by atoms with Crippen LogP contribution in [0, 0.1) is 12.8 Å². The van der Waals surface area contributed by atoms with Gasteiger partial charge in [0.15, 0.2) is 5.82 Å². The number of amides is 1. The Morgan fingerprint density at radius 3 is 3.00 bits per heavy atom. The van der Waals surface area contributed by atoms with E-state index in [9.17, 15) is 4.79 Å². The number of nitrogens with one attached hydrogen (secondary N) is 1. The first kappa shape index (κ1) is 14.6. The van der Waals surface area contributed by atoms with E-state index in [0.717, 1.165) is 25.0 Å². The number of hydrogen-bond donors (Lipinski definition) is 1. The van der Waals surface area contributed by atoms with Gasteiger partial charge in [0.05, 0.1) is 0 Å². The van der Waals surface area contributed by atoms with Gasteiger partial charge in [0.25, 0.3) is 0 Å². The molecule has 21 heavy (non-hydrogen) atoms. The van der Waals surface area contributed by atoms with Gasteiger partial charge in [-0.15, -0.1) is 0 Å². The van der Waals surface area contributed by atoms with E-state index in [1.807, 2.05) is 6.92 Å². The summed E-state index contributed by atoms with van der Waals surface area (Å²) in [5, 5.41) is 6.60. The van der Waals surface area contributed by atoms with E-state index < -0.39 is 0 Å². The fourth-order valence-corrected chi connectivity index (χ4v) is 3.88. The van der Waals surface area contributed by atoms with E-state index in [1.165, 1.54) is 38.5 Å². The third-order valence-electron chi connectivity index (χ3n) is 4.88. The highest BCUT2D eigenvalue weighted by Gasteiger charge is 2.32. The largest absolute Gasteiger partial charge is 0.360 e. The number of nitrogens with zero attached hydrogens (tertiary/aromatic N) is 2. The lowest BCUT2D eigenvalue weighted by molar-refractivity contribution is -0.116. The predicted octanol–water partition coefficient (Wildman–Crippen LogP) is 2.97. The molecule has 1 N–H and O–H groups in total. The first-order chi connectivity index (χ1) is 10.2. The molecular formula is C16H25N3O2. The number of hydrogen-bond acceptors (Lipinski definition) is 4. The molecule has 5 heteroatoms. The number of likely N-dealkylation sites (tertiary alicyclic amines) is 1. The molecule has 5 nitrogen and oxygen atoms in total. The molecule has 2 heterocycles. The molecule has 116 valence electrons. The Morgan fingerprint density at radius 1 is 1.38 bits per heavy atom. The maximum absolute atomic E-state index is 12.0. The van der Waals surface area contributed by atoms with Crippen molar-refractivity contribution in [2.45, 2.75) is 57.9 Å². The zero-order valence-electron chi connectivity index (χ0n) is 12.8. The van der Waals surface area contributed by atoms with Crippen LogP contribution in [0.25, 0.3) is 0 Å². The zero-order chi connectivity index (χ0) is 14.7. The van der Waals surface area contributed by atoms with Gasteiger partial charge in [-0.2, -0.15) is 0 Å². The monoisotopic (exact) mass is 291 g/mol. The van der Waals surface area contributed by atoms with Crippen molar-refractivity contribution in [3.63, 3.8) is 0 Å². The van der Waals surface area contributed by atoms with Gasteiger partial charge in [0, 0.05) is 25.1 Å². The number of aryl methyl sites for hydroxylation is 1. The van der Waals surface area contributed by atoms with Crippen LogP contribution in [-0.4, -0.2) is 35.1 Å². The summed E-state index contributed by atoms with van der Waals surface area (Å²) in [6, 6.07) is 2.46. The number of anilines is 1. The van der Waals surface area contributed by atoms with Crippen LogP contribution in [0.5, 0.6) is 0 Å². The average molecular weight is 291 g/mol. The summed E-state index contributed by atoms with van der Waals surface area (Å²) in [4.78, 5) is 14.5. The molecule has 0 spiro atoms. The average Bonchev–Trinajstić information content (AvgIpc) is 2.90. The van der Waals surface area contributed by atoms with Crippen LogP contribution in [0.4, 0.5) is 5.82 Å². The maximum atomic E-state index is 12.0. The molecule has 1 amide bonds. The standard InChI is InChI=1S/C16H25N3O2/c1-12-11-15(18-21-12)17-16(20)8-10-19-9-4-6-13-5-2-3-7-14(13)19/h11,13-14H,2-10H2,1H3,(H,17,18,20). The van der Waals surface area contributed by atoms with E-state index in [1.54, 1.807) is 6.07 Å². The Labute approximate surface area is 126 Å². The van der Waals surface area contributed by atoms with Gasteiger partial charge in [0.1, 0.15) is 5.76 Å². The number of aromatic nitrogens is 1. The highest BCUT2D eigenvalue weighted by atomic mass is 16.5. The molecule has 2 unspecified atom stereocenters. The lowest BCUT2D eigenvalue weighted by atomic mass is 9.78. The number of piperidine rings is 1. The minimum Gasteiger partial charge on any atom is -0.360 e. The summed E-state index contributed by atoms with van der Waals surface area (Å²) in [6.45, 7) is 3.83. The highest BCUT2D eigenvalue weighted by Crippen LogP contribution is 2.35. The molecule has 0 bridgehead atoms. The molecule has 1 aromatic rings. The molecule has 2 atom stereocenters. The molecule has 2 fully saturated rings. The lowest BCUT2D eigenvalue weighted by Crippen LogP contribution is -2.47. The van der Waals surface area contributed by atoms with Gasteiger partial charge in [-0.1, -0.05) is 18.0 Å².